The number of nitrogens with one attached hydrogen (secondary N) is 1. The van der Waals surface area contributed by atoms with Gasteiger partial charge in [0.2, 0.25) is 5.91 Å². The van der Waals surface area contributed by atoms with E-state index >= 15 is 0 Å². The van der Waals surface area contributed by atoms with Crippen LogP contribution in [0.1, 0.15) is 34.5 Å². The summed E-state index contributed by atoms with van der Waals surface area (Å²) in [6, 6.07) is 12.4. The zero-order chi connectivity index (χ0) is 17.1. The maximum absolute atomic E-state index is 12.2. The second kappa shape index (κ2) is 7.14. The lowest BCUT2D eigenvalue weighted by Gasteiger charge is -2.12. The van der Waals surface area contributed by atoms with E-state index in [-0.39, 0.29) is 5.91 Å². The van der Waals surface area contributed by atoms with E-state index in [4.69, 9.17) is 0 Å². The minimum atomic E-state index is 0.0752. The van der Waals surface area contributed by atoms with Gasteiger partial charge in [-0.3, -0.25) is 4.79 Å². The molecule has 0 aliphatic heterocycles. The number of fused-ring (bicyclic) bond motifs is 1. The molecular formula is C20H22N2OS. The zero-order valence-corrected chi connectivity index (χ0v) is 15.2. The van der Waals surface area contributed by atoms with Gasteiger partial charge >= 0.3 is 0 Å². The van der Waals surface area contributed by atoms with Gasteiger partial charge in [-0.25, -0.2) is 4.98 Å². The highest BCUT2D eigenvalue weighted by molar-refractivity contribution is 7.18. The average molecular weight is 338 g/mol. The Morgan fingerprint density at radius 1 is 1.12 bits per heavy atom. The number of nitrogens with zero attached hydrogens (tertiary/aromatic N) is 1. The lowest BCUT2D eigenvalue weighted by molar-refractivity contribution is -0.116. The van der Waals surface area contributed by atoms with Crippen molar-refractivity contribution in [3.8, 4) is 0 Å². The van der Waals surface area contributed by atoms with Crippen LogP contribution < -0.4 is 5.32 Å². The maximum Gasteiger partial charge on any atom is 0.224 e. The first-order valence-electron chi connectivity index (χ1n) is 8.25. The normalized spacial score (nSPS) is 11.0. The van der Waals surface area contributed by atoms with Gasteiger partial charge in [-0.05, 0) is 56.9 Å². The highest BCUT2D eigenvalue weighted by Crippen LogP contribution is 2.24. The molecule has 0 saturated carbocycles. The van der Waals surface area contributed by atoms with Gasteiger partial charge in [-0.2, -0.15) is 0 Å². The van der Waals surface area contributed by atoms with Crippen LogP contribution in [-0.4, -0.2) is 10.9 Å². The minimum absolute atomic E-state index is 0.0752. The predicted octanol–water partition coefficient (Wildman–Crippen LogP) is 5.18. The Bertz CT molecular complexity index is 826. The lowest BCUT2D eigenvalue weighted by atomic mass is 10.0. The van der Waals surface area contributed by atoms with Crippen molar-refractivity contribution in [2.75, 3.05) is 5.32 Å². The van der Waals surface area contributed by atoms with Crippen molar-refractivity contribution in [3.63, 3.8) is 0 Å². The standard InChI is InChI=1S/C20H22N2OS/c1-13-11-14(2)20(15(3)12-13)22-18(23)9-6-10-19-21-16-7-4-5-8-17(16)24-19/h4-5,7-8,11-12H,6,9-10H2,1-3H3,(H,22,23). The van der Waals surface area contributed by atoms with Crippen molar-refractivity contribution in [1.29, 1.82) is 0 Å². The van der Waals surface area contributed by atoms with Crippen molar-refractivity contribution in [2.24, 2.45) is 0 Å². The van der Waals surface area contributed by atoms with Gasteiger partial charge in [0.25, 0.3) is 0 Å². The third-order valence-electron chi connectivity index (χ3n) is 4.07. The molecule has 1 aromatic heterocycles. The Hall–Kier alpha value is -2.20. The number of aryl methyl sites for hydroxylation is 4. The Labute approximate surface area is 146 Å². The topological polar surface area (TPSA) is 42.0 Å². The number of aromatic nitrogens is 1. The summed E-state index contributed by atoms with van der Waals surface area (Å²) < 4.78 is 1.21. The van der Waals surface area contributed by atoms with E-state index in [9.17, 15) is 4.79 Å². The number of benzene rings is 2. The second-order valence-corrected chi connectivity index (χ2v) is 7.37. The number of hydrogen-bond donors (Lipinski definition) is 1. The molecule has 0 unspecified atom stereocenters. The number of hydrogen-bond acceptors (Lipinski definition) is 3. The molecule has 2 aromatic carbocycles. The van der Waals surface area contributed by atoms with Crippen molar-refractivity contribution >= 4 is 33.1 Å². The van der Waals surface area contributed by atoms with Crippen molar-refractivity contribution in [2.45, 2.75) is 40.0 Å². The molecule has 0 radical (unpaired) electrons. The first-order chi connectivity index (χ1) is 11.5. The quantitative estimate of drug-likeness (QED) is 0.696. The summed E-state index contributed by atoms with van der Waals surface area (Å²) in [7, 11) is 0. The fourth-order valence-corrected chi connectivity index (χ4v) is 4.02. The first-order valence-corrected chi connectivity index (χ1v) is 9.07. The van der Waals surface area contributed by atoms with Crippen LogP contribution in [0, 0.1) is 20.8 Å². The molecule has 24 heavy (non-hydrogen) atoms. The third-order valence-corrected chi connectivity index (χ3v) is 5.17. The van der Waals surface area contributed by atoms with Crippen LogP contribution in [0.15, 0.2) is 36.4 Å². The molecule has 1 heterocycles. The van der Waals surface area contributed by atoms with Crippen LogP contribution in [0.25, 0.3) is 10.2 Å². The number of rotatable bonds is 5. The molecule has 1 amide bonds. The van der Waals surface area contributed by atoms with Gasteiger partial charge in [0.05, 0.1) is 15.2 Å². The Morgan fingerprint density at radius 3 is 2.54 bits per heavy atom. The number of para-hydroxylation sites is 1. The van der Waals surface area contributed by atoms with Gasteiger partial charge in [0, 0.05) is 12.1 Å². The van der Waals surface area contributed by atoms with E-state index in [1.165, 1.54) is 10.3 Å². The van der Waals surface area contributed by atoms with Gasteiger partial charge in [0.15, 0.2) is 0 Å². The average Bonchev–Trinajstić information content (AvgIpc) is 2.93. The van der Waals surface area contributed by atoms with Gasteiger partial charge in [-0.15, -0.1) is 11.3 Å². The Balaban J connectivity index is 1.56. The summed E-state index contributed by atoms with van der Waals surface area (Å²) in [6.45, 7) is 6.15. The molecule has 0 bridgehead atoms. The summed E-state index contributed by atoms with van der Waals surface area (Å²) in [5.74, 6) is 0.0752. The Morgan fingerprint density at radius 2 is 1.83 bits per heavy atom. The molecule has 4 heteroatoms. The summed E-state index contributed by atoms with van der Waals surface area (Å²) in [6.07, 6.45) is 2.18. The summed E-state index contributed by atoms with van der Waals surface area (Å²) in [5.41, 5.74) is 5.45. The lowest BCUT2D eigenvalue weighted by Crippen LogP contribution is -2.13. The van der Waals surface area contributed by atoms with Crippen LogP contribution in [0.3, 0.4) is 0 Å². The number of amides is 1. The van der Waals surface area contributed by atoms with E-state index in [1.807, 2.05) is 32.0 Å². The van der Waals surface area contributed by atoms with E-state index < -0.39 is 0 Å². The first kappa shape index (κ1) is 16.7. The molecule has 0 aliphatic carbocycles. The van der Waals surface area contributed by atoms with E-state index in [1.54, 1.807) is 11.3 Å². The highest BCUT2D eigenvalue weighted by Gasteiger charge is 2.09. The zero-order valence-electron chi connectivity index (χ0n) is 14.3. The van der Waals surface area contributed by atoms with Crippen LogP contribution in [0.4, 0.5) is 5.69 Å². The van der Waals surface area contributed by atoms with E-state index in [2.05, 4.69) is 35.4 Å². The summed E-state index contributed by atoms with van der Waals surface area (Å²) in [5, 5.41) is 4.17. The Kier molecular flexibility index (Phi) is 4.95. The molecule has 0 fully saturated rings. The maximum atomic E-state index is 12.2. The van der Waals surface area contributed by atoms with Gasteiger partial charge in [0.1, 0.15) is 0 Å². The monoisotopic (exact) mass is 338 g/mol. The number of thiazole rings is 1. The summed E-state index contributed by atoms with van der Waals surface area (Å²) in [4.78, 5) is 16.9. The molecule has 0 saturated heterocycles. The molecule has 0 atom stereocenters. The van der Waals surface area contributed by atoms with E-state index in [0.717, 1.165) is 40.2 Å². The molecule has 1 N–H and O–H groups in total. The SMILES string of the molecule is Cc1cc(C)c(NC(=O)CCCc2nc3ccccc3s2)c(C)c1. The molecule has 3 aromatic rings. The molecule has 3 rings (SSSR count). The van der Waals surface area contributed by atoms with Crippen molar-refractivity contribution < 1.29 is 4.79 Å². The highest BCUT2D eigenvalue weighted by atomic mass is 32.1. The largest absolute Gasteiger partial charge is 0.326 e. The number of carbonyl (C=O) groups excluding carboxylic acids is 1. The van der Waals surface area contributed by atoms with Gasteiger partial charge < -0.3 is 5.32 Å². The van der Waals surface area contributed by atoms with Crippen LogP contribution in [0.5, 0.6) is 0 Å². The number of anilines is 1. The predicted molar refractivity (Wildman–Crippen MR) is 102 cm³/mol. The van der Waals surface area contributed by atoms with Crippen molar-refractivity contribution in [1.82, 2.24) is 4.98 Å². The smallest absolute Gasteiger partial charge is 0.224 e. The van der Waals surface area contributed by atoms with Crippen LogP contribution in [-0.2, 0) is 11.2 Å². The van der Waals surface area contributed by atoms with Crippen LogP contribution in [0.2, 0.25) is 0 Å². The van der Waals surface area contributed by atoms with E-state index in [0.29, 0.717) is 6.42 Å². The fraction of sp³-hybridized carbons (Fsp3) is 0.300. The van der Waals surface area contributed by atoms with Crippen molar-refractivity contribution in [3.05, 3.63) is 58.1 Å². The molecular weight excluding hydrogens is 316 g/mol. The van der Waals surface area contributed by atoms with Crippen LogP contribution >= 0.6 is 11.3 Å². The molecule has 3 nitrogen and oxygen atoms in total. The third kappa shape index (κ3) is 3.82. The fourth-order valence-electron chi connectivity index (χ4n) is 3.01. The second-order valence-electron chi connectivity index (χ2n) is 6.25. The van der Waals surface area contributed by atoms with Gasteiger partial charge in [-0.1, -0.05) is 29.8 Å². The molecule has 0 spiro atoms. The minimum Gasteiger partial charge on any atom is -0.326 e. The molecule has 0 aliphatic rings. The number of carbonyl (C=O) groups is 1. The summed E-state index contributed by atoms with van der Waals surface area (Å²) >= 11 is 1.72. The molecule has 124 valence electrons.